The first-order valence-electron chi connectivity index (χ1n) is 8.55. The second-order valence-electron chi connectivity index (χ2n) is 7.38. The van der Waals surface area contributed by atoms with E-state index in [1.807, 2.05) is 22.6 Å². The molecule has 2 aromatic rings. The summed E-state index contributed by atoms with van der Waals surface area (Å²) in [5.41, 5.74) is -2.19. The van der Waals surface area contributed by atoms with Gasteiger partial charge in [-0.15, -0.1) is 0 Å². The van der Waals surface area contributed by atoms with Gasteiger partial charge in [0.25, 0.3) is 5.91 Å². The number of nitrogens with one attached hydrogen (secondary N) is 1. The van der Waals surface area contributed by atoms with E-state index in [2.05, 4.69) is 5.32 Å². The van der Waals surface area contributed by atoms with Gasteiger partial charge in [0.15, 0.2) is 20.1 Å². The molecule has 2 N–H and O–H groups in total. The van der Waals surface area contributed by atoms with Crippen molar-refractivity contribution in [3.8, 4) is 0 Å². The lowest BCUT2D eigenvalue weighted by molar-refractivity contribution is -0.100. The van der Waals surface area contributed by atoms with Gasteiger partial charge >= 0.3 is 0 Å². The van der Waals surface area contributed by atoms with Gasteiger partial charge in [-0.25, -0.2) is 13.2 Å². The van der Waals surface area contributed by atoms with Crippen LogP contribution >= 0.6 is 31.1 Å². The second-order valence-corrected chi connectivity index (χ2v) is 9.92. The van der Waals surface area contributed by atoms with Crippen LogP contribution in [0.1, 0.15) is 24.2 Å². The molecule has 3 rings (SSSR count). The predicted octanol–water partition coefficient (Wildman–Crippen LogP) is 4.71. The molecule has 0 spiro atoms. The molecular formula is C19H17F3IN2O3P. The van der Waals surface area contributed by atoms with Gasteiger partial charge in [-0.05, 0) is 66.8 Å². The smallest absolute Gasteiger partial charge is 0.256 e. The fourth-order valence-corrected chi connectivity index (χ4v) is 3.71. The Labute approximate surface area is 180 Å². The third-order valence-electron chi connectivity index (χ3n) is 5.08. The van der Waals surface area contributed by atoms with Crippen molar-refractivity contribution < 1.29 is 27.6 Å². The molecular weight excluding hydrogens is 519 g/mol. The maximum atomic E-state index is 14.5. The number of carbonyl (C=O) groups is 1. The summed E-state index contributed by atoms with van der Waals surface area (Å²) in [5, 5.41) is 12.1. The van der Waals surface area contributed by atoms with Crippen LogP contribution in [0.15, 0.2) is 30.3 Å². The molecule has 10 heteroatoms. The van der Waals surface area contributed by atoms with Crippen LogP contribution < -0.4 is 5.32 Å². The van der Waals surface area contributed by atoms with E-state index in [-0.39, 0.29) is 32.8 Å². The number of aliphatic hydroxyl groups is 1. The van der Waals surface area contributed by atoms with Crippen molar-refractivity contribution >= 4 is 48.3 Å². The third kappa shape index (κ3) is 4.00. The molecule has 1 aliphatic heterocycles. The number of hydrogen-bond donors (Lipinski definition) is 2. The van der Waals surface area contributed by atoms with Gasteiger partial charge in [0.05, 0.1) is 35.2 Å². The lowest BCUT2D eigenvalue weighted by Gasteiger charge is -2.52. The number of benzene rings is 2. The summed E-state index contributed by atoms with van der Waals surface area (Å²) in [4.78, 5) is 14.1. The lowest BCUT2D eigenvalue weighted by atomic mass is 9.81. The Morgan fingerprint density at radius 2 is 1.86 bits per heavy atom. The van der Waals surface area contributed by atoms with Crippen LogP contribution in [-0.4, -0.2) is 39.8 Å². The maximum absolute atomic E-state index is 14.5. The Balaban J connectivity index is 1.92. The van der Waals surface area contributed by atoms with E-state index in [0.717, 1.165) is 12.1 Å². The predicted molar refractivity (Wildman–Crippen MR) is 111 cm³/mol. The Morgan fingerprint density at radius 1 is 1.21 bits per heavy atom. The van der Waals surface area contributed by atoms with E-state index in [9.17, 15) is 27.6 Å². The van der Waals surface area contributed by atoms with Gasteiger partial charge in [-0.1, -0.05) is 0 Å². The average Bonchev–Trinajstić information content (AvgIpc) is 2.64. The van der Waals surface area contributed by atoms with Crippen LogP contribution in [0, 0.1) is 21.0 Å². The van der Waals surface area contributed by atoms with Crippen molar-refractivity contribution in [2.45, 2.75) is 24.6 Å². The number of nitrogens with zero attached hydrogens (tertiary/aromatic N) is 1. The Hall–Kier alpha value is -1.71. The molecule has 154 valence electrons. The third-order valence-corrected chi connectivity index (χ3v) is 6.62. The van der Waals surface area contributed by atoms with Gasteiger partial charge in [0.2, 0.25) is 0 Å². The molecule has 1 heterocycles. The molecule has 1 saturated heterocycles. The molecule has 0 radical (unpaired) electrons. The van der Waals surface area contributed by atoms with Gasteiger partial charge in [-0.2, -0.15) is 0 Å². The maximum Gasteiger partial charge on any atom is 0.256 e. The highest BCUT2D eigenvalue weighted by Gasteiger charge is 2.54. The summed E-state index contributed by atoms with van der Waals surface area (Å²) in [6.45, 7) is 2.94. The quantitative estimate of drug-likeness (QED) is 0.430. The molecule has 1 aliphatic rings. The van der Waals surface area contributed by atoms with Crippen LogP contribution in [-0.2, 0) is 4.57 Å². The number of hydrogen-bond acceptors (Lipinski definition) is 4. The summed E-state index contributed by atoms with van der Waals surface area (Å²) in [6, 6.07) is 6.05. The van der Waals surface area contributed by atoms with Gasteiger partial charge < -0.3 is 15.3 Å². The van der Waals surface area contributed by atoms with Crippen molar-refractivity contribution in [2.75, 3.05) is 18.4 Å². The fraction of sp³-hybridized carbons (Fsp3) is 0.316. The highest BCUT2D eigenvalue weighted by molar-refractivity contribution is 14.1. The Kier molecular flexibility index (Phi) is 5.95. The second kappa shape index (κ2) is 7.85. The topological polar surface area (TPSA) is 69.6 Å². The number of likely N-dealkylation sites (tertiary alicyclic amines) is 1. The minimum atomic E-state index is -1.37. The van der Waals surface area contributed by atoms with Crippen molar-refractivity contribution in [2.24, 2.45) is 0 Å². The number of anilines is 2. The van der Waals surface area contributed by atoms with Crippen LogP contribution in [0.3, 0.4) is 0 Å². The SMILES string of the molecule is CC(C)(P=O)C1(O)CN(C(=O)c2ccc(F)c(F)c2Nc2ccc(I)cc2F)C1. The number of β-amino-alcohol motifs (C(OH)–C–C–N with tert-alkyl or cyclic N) is 1. The van der Waals surface area contributed by atoms with Crippen LogP contribution in [0.25, 0.3) is 0 Å². The summed E-state index contributed by atoms with van der Waals surface area (Å²) in [7, 11) is -0.278. The van der Waals surface area contributed by atoms with E-state index in [1.165, 1.54) is 17.0 Å². The van der Waals surface area contributed by atoms with Crippen molar-refractivity contribution in [3.05, 3.63) is 56.9 Å². The van der Waals surface area contributed by atoms with Gasteiger partial charge in [0, 0.05) is 3.57 Å². The molecule has 2 aromatic carbocycles. The highest BCUT2D eigenvalue weighted by atomic mass is 127. The summed E-state index contributed by atoms with van der Waals surface area (Å²) < 4.78 is 54.4. The first kappa shape index (κ1) is 22.0. The average molecular weight is 536 g/mol. The molecule has 29 heavy (non-hydrogen) atoms. The zero-order valence-electron chi connectivity index (χ0n) is 15.5. The van der Waals surface area contributed by atoms with Gasteiger partial charge in [0.1, 0.15) is 11.4 Å². The standard InChI is InChI=1S/C19H17F3IN2O3P/c1-18(2,29-28)19(27)8-25(9-19)17(26)11-4-5-12(20)15(22)16(11)24-14-6-3-10(23)7-13(14)21/h3-7,24,27H,8-9H2,1-2H3. The van der Waals surface area contributed by atoms with Crippen LogP contribution in [0.2, 0.25) is 0 Å². The van der Waals surface area contributed by atoms with Crippen molar-refractivity contribution in [3.63, 3.8) is 0 Å². The minimum Gasteiger partial charge on any atom is -0.385 e. The van der Waals surface area contributed by atoms with Crippen LogP contribution in [0.4, 0.5) is 24.5 Å². The molecule has 0 aromatic heterocycles. The normalized spacial score (nSPS) is 15.9. The van der Waals surface area contributed by atoms with E-state index in [1.54, 1.807) is 19.9 Å². The van der Waals surface area contributed by atoms with Crippen molar-refractivity contribution in [1.29, 1.82) is 0 Å². The molecule has 0 unspecified atom stereocenters. The van der Waals surface area contributed by atoms with E-state index >= 15 is 0 Å². The van der Waals surface area contributed by atoms with Crippen LogP contribution in [0.5, 0.6) is 0 Å². The van der Waals surface area contributed by atoms with E-state index < -0.39 is 39.8 Å². The molecule has 5 nitrogen and oxygen atoms in total. The largest absolute Gasteiger partial charge is 0.385 e. The molecule has 0 saturated carbocycles. The fourth-order valence-electron chi connectivity index (χ4n) is 2.95. The number of amides is 1. The van der Waals surface area contributed by atoms with E-state index in [4.69, 9.17) is 0 Å². The zero-order chi connectivity index (χ0) is 21.6. The highest BCUT2D eigenvalue weighted by Crippen LogP contribution is 2.41. The summed E-state index contributed by atoms with van der Waals surface area (Å²) in [5.74, 6) is -3.86. The Bertz CT molecular complexity index is 997. The first-order chi connectivity index (χ1) is 13.5. The van der Waals surface area contributed by atoms with E-state index in [0.29, 0.717) is 3.57 Å². The zero-order valence-corrected chi connectivity index (χ0v) is 18.5. The monoisotopic (exact) mass is 536 g/mol. The summed E-state index contributed by atoms with van der Waals surface area (Å²) >= 11 is 1.91. The molecule has 0 atom stereocenters. The molecule has 0 bridgehead atoms. The Morgan fingerprint density at radius 3 is 2.45 bits per heavy atom. The minimum absolute atomic E-state index is 0.115. The molecule has 0 aliphatic carbocycles. The molecule has 1 amide bonds. The number of rotatable bonds is 5. The first-order valence-corrected chi connectivity index (χ1v) is 10.4. The van der Waals surface area contributed by atoms with Crippen molar-refractivity contribution in [1.82, 2.24) is 4.90 Å². The lowest BCUT2D eigenvalue weighted by Crippen LogP contribution is -2.70. The summed E-state index contributed by atoms with van der Waals surface area (Å²) in [6.07, 6.45) is 0. The molecule has 1 fully saturated rings. The number of carbonyl (C=O) groups excluding carboxylic acids is 1. The van der Waals surface area contributed by atoms with Gasteiger partial charge in [-0.3, -0.25) is 9.36 Å². The number of halogens is 4.